The number of hydrogen-bond acceptors (Lipinski definition) is 9. The minimum atomic E-state index is -0.996. The van der Waals surface area contributed by atoms with Gasteiger partial charge in [0.25, 0.3) is 5.91 Å². The Morgan fingerprint density at radius 1 is 0.756 bits per heavy atom. The first-order valence-corrected chi connectivity index (χ1v) is 17.0. The van der Waals surface area contributed by atoms with Gasteiger partial charge < -0.3 is 35.2 Å². The standard InChI is InChI=1S/C34H58N4O7/c1-2-3-4-5-6-7-8-9-10-11-12-13-14-15-20-35-34(43)29-18-16-28(17-19-29)33-21-38(37-36-33)30(24-44-26-31(41)22-39)25-45-27-32(42)23-40/h16-19,21,30-32,39-42H,2-15,20,22-27H2,1H3,(H,35,43). The molecule has 1 heterocycles. The summed E-state index contributed by atoms with van der Waals surface area (Å²) < 4.78 is 12.6. The van der Waals surface area contributed by atoms with E-state index in [1.54, 1.807) is 23.0 Å². The summed E-state index contributed by atoms with van der Waals surface area (Å²) in [5, 5.41) is 48.6. The quantitative estimate of drug-likeness (QED) is 0.0853. The van der Waals surface area contributed by atoms with Crippen molar-refractivity contribution in [3.8, 4) is 11.3 Å². The zero-order chi connectivity index (χ0) is 32.5. The van der Waals surface area contributed by atoms with Crippen LogP contribution in [0.4, 0.5) is 0 Å². The maximum absolute atomic E-state index is 12.6. The fourth-order valence-electron chi connectivity index (χ4n) is 4.99. The topological polar surface area (TPSA) is 159 Å². The second kappa shape index (κ2) is 24.8. The minimum Gasteiger partial charge on any atom is -0.394 e. The first-order chi connectivity index (χ1) is 22.0. The van der Waals surface area contributed by atoms with E-state index < -0.39 is 31.5 Å². The number of ether oxygens (including phenoxy) is 2. The van der Waals surface area contributed by atoms with Crippen molar-refractivity contribution in [3.05, 3.63) is 36.0 Å². The van der Waals surface area contributed by atoms with Crippen LogP contribution in [-0.4, -0.2) is 99.7 Å². The zero-order valence-electron chi connectivity index (χ0n) is 27.3. The maximum Gasteiger partial charge on any atom is 0.251 e. The van der Waals surface area contributed by atoms with Crippen LogP contribution in [0.2, 0.25) is 0 Å². The lowest BCUT2D eigenvalue weighted by atomic mass is 10.0. The van der Waals surface area contributed by atoms with Gasteiger partial charge in [-0.15, -0.1) is 5.10 Å². The SMILES string of the molecule is CCCCCCCCCCCCCCCCNC(=O)c1ccc(-c2cn(C(COCC(O)CO)COCC(O)CO)nn2)cc1. The van der Waals surface area contributed by atoms with Gasteiger partial charge >= 0.3 is 0 Å². The van der Waals surface area contributed by atoms with Crippen LogP contribution < -0.4 is 5.32 Å². The normalized spacial score (nSPS) is 13.5. The Bertz CT molecular complexity index is 989. The lowest BCUT2D eigenvalue weighted by Crippen LogP contribution is -2.28. The van der Waals surface area contributed by atoms with E-state index >= 15 is 0 Å². The molecule has 5 N–H and O–H groups in total. The van der Waals surface area contributed by atoms with E-state index in [1.807, 2.05) is 12.1 Å². The summed E-state index contributed by atoms with van der Waals surface area (Å²) in [7, 11) is 0. The van der Waals surface area contributed by atoms with Gasteiger partial charge in [0.05, 0.1) is 45.8 Å². The number of unbranched alkanes of at least 4 members (excludes halogenated alkanes) is 13. The Hall–Kier alpha value is -2.41. The summed E-state index contributed by atoms with van der Waals surface area (Å²) in [5.41, 5.74) is 1.97. The van der Waals surface area contributed by atoms with Crippen molar-refractivity contribution in [1.82, 2.24) is 20.3 Å². The number of benzene rings is 1. The average molecular weight is 635 g/mol. The van der Waals surface area contributed by atoms with Crippen LogP contribution in [0.15, 0.2) is 30.5 Å². The highest BCUT2D eigenvalue weighted by atomic mass is 16.5. The smallest absolute Gasteiger partial charge is 0.251 e. The number of aromatic nitrogens is 3. The second-order valence-electron chi connectivity index (χ2n) is 11.9. The third kappa shape index (κ3) is 17.2. The molecular formula is C34H58N4O7. The molecule has 45 heavy (non-hydrogen) atoms. The molecule has 1 aromatic heterocycles. The average Bonchev–Trinajstić information content (AvgIpc) is 3.55. The molecular weight excluding hydrogens is 576 g/mol. The molecule has 2 rings (SSSR count). The monoisotopic (exact) mass is 634 g/mol. The fraction of sp³-hybridized carbons (Fsp3) is 0.735. The van der Waals surface area contributed by atoms with Crippen LogP contribution in [0.3, 0.4) is 0 Å². The molecule has 1 aromatic carbocycles. The highest BCUT2D eigenvalue weighted by molar-refractivity contribution is 5.94. The molecule has 0 saturated carbocycles. The molecule has 2 unspecified atom stereocenters. The van der Waals surface area contributed by atoms with E-state index in [2.05, 4.69) is 22.6 Å². The molecule has 2 aromatic rings. The van der Waals surface area contributed by atoms with E-state index in [4.69, 9.17) is 19.7 Å². The lowest BCUT2D eigenvalue weighted by molar-refractivity contribution is -0.0339. The molecule has 11 nitrogen and oxygen atoms in total. The van der Waals surface area contributed by atoms with Crippen LogP contribution in [-0.2, 0) is 9.47 Å². The van der Waals surface area contributed by atoms with Crippen LogP contribution in [0, 0.1) is 0 Å². The van der Waals surface area contributed by atoms with Gasteiger partial charge in [0.1, 0.15) is 23.9 Å². The largest absolute Gasteiger partial charge is 0.394 e. The Balaban J connectivity index is 1.68. The molecule has 1 amide bonds. The van der Waals surface area contributed by atoms with Crippen molar-refractivity contribution in [2.45, 2.75) is 115 Å². The van der Waals surface area contributed by atoms with E-state index in [-0.39, 0.29) is 32.3 Å². The van der Waals surface area contributed by atoms with Crippen molar-refractivity contribution in [1.29, 1.82) is 0 Å². The van der Waals surface area contributed by atoms with Gasteiger partial charge in [-0.05, 0) is 18.6 Å². The number of nitrogens with one attached hydrogen (secondary N) is 1. The summed E-state index contributed by atoms with van der Waals surface area (Å²) in [5.74, 6) is -0.0932. The number of amides is 1. The molecule has 11 heteroatoms. The second-order valence-corrected chi connectivity index (χ2v) is 11.9. The fourth-order valence-corrected chi connectivity index (χ4v) is 4.99. The van der Waals surface area contributed by atoms with E-state index in [9.17, 15) is 15.0 Å². The third-order valence-corrected chi connectivity index (χ3v) is 7.81. The third-order valence-electron chi connectivity index (χ3n) is 7.81. The van der Waals surface area contributed by atoms with Crippen molar-refractivity contribution in [3.63, 3.8) is 0 Å². The van der Waals surface area contributed by atoms with Gasteiger partial charge in [-0.2, -0.15) is 0 Å². The van der Waals surface area contributed by atoms with Crippen LogP contribution in [0.1, 0.15) is 113 Å². The van der Waals surface area contributed by atoms with Gasteiger partial charge in [0.2, 0.25) is 0 Å². The lowest BCUT2D eigenvalue weighted by Gasteiger charge is -2.19. The molecule has 0 aliphatic rings. The van der Waals surface area contributed by atoms with E-state index in [0.29, 0.717) is 17.8 Å². The minimum absolute atomic E-state index is 0.0588. The number of carbonyl (C=O) groups is 1. The van der Waals surface area contributed by atoms with Crippen LogP contribution in [0.5, 0.6) is 0 Å². The maximum atomic E-state index is 12.6. The molecule has 0 bridgehead atoms. The highest BCUT2D eigenvalue weighted by Gasteiger charge is 2.17. The zero-order valence-corrected chi connectivity index (χ0v) is 27.3. The van der Waals surface area contributed by atoms with E-state index in [0.717, 1.165) is 18.4 Å². The number of nitrogens with zero attached hydrogens (tertiary/aromatic N) is 3. The molecule has 0 aliphatic heterocycles. The Kier molecular flexibility index (Phi) is 21.3. The number of carbonyl (C=O) groups excluding carboxylic acids is 1. The predicted octanol–water partition coefficient (Wildman–Crippen LogP) is 4.44. The van der Waals surface area contributed by atoms with E-state index in [1.165, 1.54) is 77.0 Å². The van der Waals surface area contributed by atoms with Gasteiger partial charge in [0.15, 0.2) is 0 Å². The summed E-state index contributed by atoms with van der Waals surface area (Å²) in [6, 6.07) is 6.76. The van der Waals surface area contributed by atoms with Gasteiger partial charge in [-0.1, -0.05) is 108 Å². The molecule has 2 atom stereocenters. The molecule has 0 radical (unpaired) electrons. The van der Waals surface area contributed by atoms with Crippen LogP contribution in [0.25, 0.3) is 11.3 Å². The first-order valence-electron chi connectivity index (χ1n) is 17.0. The number of rotatable bonds is 28. The molecule has 0 spiro atoms. The molecule has 0 fully saturated rings. The van der Waals surface area contributed by atoms with Crippen molar-refractivity contribution < 1.29 is 34.7 Å². The molecule has 0 aliphatic carbocycles. The van der Waals surface area contributed by atoms with Crippen molar-refractivity contribution >= 4 is 5.91 Å². The number of hydrogen-bond donors (Lipinski definition) is 5. The predicted molar refractivity (Wildman–Crippen MR) is 175 cm³/mol. The number of aliphatic hydroxyl groups excluding tert-OH is 4. The van der Waals surface area contributed by atoms with Crippen molar-refractivity contribution in [2.75, 3.05) is 46.2 Å². The molecule has 0 saturated heterocycles. The molecule has 256 valence electrons. The summed E-state index contributed by atoms with van der Waals surface area (Å²) in [4.78, 5) is 12.6. The Morgan fingerprint density at radius 2 is 1.24 bits per heavy atom. The van der Waals surface area contributed by atoms with Crippen LogP contribution >= 0.6 is 0 Å². The summed E-state index contributed by atoms with van der Waals surface area (Å²) in [6.45, 7) is 2.23. The first kappa shape index (κ1) is 38.8. The van der Waals surface area contributed by atoms with Gasteiger partial charge in [0, 0.05) is 17.7 Å². The Morgan fingerprint density at radius 3 is 1.73 bits per heavy atom. The Labute approximate surface area is 269 Å². The van der Waals surface area contributed by atoms with Gasteiger partial charge in [-0.3, -0.25) is 4.79 Å². The number of aliphatic hydroxyl groups is 4. The highest BCUT2D eigenvalue weighted by Crippen LogP contribution is 2.19. The summed E-state index contributed by atoms with van der Waals surface area (Å²) >= 11 is 0. The summed E-state index contributed by atoms with van der Waals surface area (Å²) in [6.07, 6.45) is 18.0. The van der Waals surface area contributed by atoms with Crippen molar-refractivity contribution in [2.24, 2.45) is 0 Å². The van der Waals surface area contributed by atoms with Gasteiger partial charge in [-0.25, -0.2) is 4.68 Å².